The predicted octanol–water partition coefficient (Wildman–Crippen LogP) is 4.36. The van der Waals surface area contributed by atoms with Crippen molar-refractivity contribution < 1.29 is 23.9 Å². The van der Waals surface area contributed by atoms with Crippen LogP contribution in [0.1, 0.15) is 44.5 Å². The average molecular weight is 478 g/mol. The van der Waals surface area contributed by atoms with Gasteiger partial charge >= 0.3 is 12.0 Å². The summed E-state index contributed by atoms with van der Waals surface area (Å²) in [5, 5.41) is 10.6. The minimum absolute atomic E-state index is 0.191. The van der Waals surface area contributed by atoms with Crippen molar-refractivity contribution in [3.8, 4) is 0 Å². The monoisotopic (exact) mass is 477 g/mol. The SMILES string of the molecule is CC(C)(CN1C(=O)C2N(Cc3c(c4ccccc4n3Cc3ccc(F)cc3)C2(C)C)C1=O)C(=O)O. The molecule has 0 radical (unpaired) electrons. The third kappa shape index (κ3) is 3.42. The minimum atomic E-state index is -1.26. The van der Waals surface area contributed by atoms with E-state index in [1.165, 1.54) is 26.0 Å². The van der Waals surface area contributed by atoms with Gasteiger partial charge < -0.3 is 14.6 Å². The number of nitrogens with zero attached hydrogens (tertiary/aromatic N) is 3. The number of amides is 3. The maximum Gasteiger partial charge on any atom is 0.327 e. The van der Waals surface area contributed by atoms with Gasteiger partial charge in [0.15, 0.2) is 0 Å². The van der Waals surface area contributed by atoms with Gasteiger partial charge in [0.1, 0.15) is 11.9 Å². The van der Waals surface area contributed by atoms with E-state index in [4.69, 9.17) is 0 Å². The summed E-state index contributed by atoms with van der Waals surface area (Å²) in [6.45, 7) is 7.48. The summed E-state index contributed by atoms with van der Waals surface area (Å²) in [6.07, 6.45) is 0. The molecule has 1 unspecified atom stereocenters. The summed E-state index contributed by atoms with van der Waals surface area (Å²) in [4.78, 5) is 41.4. The second-order valence-electron chi connectivity index (χ2n) is 10.7. The Bertz CT molecular complexity index is 1370. The van der Waals surface area contributed by atoms with E-state index in [1.807, 2.05) is 38.1 Å². The number of aromatic nitrogens is 1. The molecule has 0 saturated carbocycles. The maximum absolute atomic E-state index is 13.6. The van der Waals surface area contributed by atoms with E-state index in [0.717, 1.165) is 32.6 Å². The Morgan fingerprint density at radius 3 is 2.43 bits per heavy atom. The highest BCUT2D eigenvalue weighted by Gasteiger charge is 2.57. The van der Waals surface area contributed by atoms with Crippen molar-refractivity contribution in [3.63, 3.8) is 0 Å². The number of benzene rings is 2. The van der Waals surface area contributed by atoms with E-state index in [-0.39, 0.29) is 24.8 Å². The predicted molar refractivity (Wildman–Crippen MR) is 128 cm³/mol. The molecule has 8 heteroatoms. The van der Waals surface area contributed by atoms with Gasteiger partial charge in [0.25, 0.3) is 5.91 Å². The van der Waals surface area contributed by atoms with Gasteiger partial charge in [-0.1, -0.05) is 44.2 Å². The molecular weight excluding hydrogens is 449 g/mol. The number of aliphatic carboxylic acids is 1. The first-order valence-corrected chi connectivity index (χ1v) is 11.6. The highest BCUT2D eigenvalue weighted by Crippen LogP contribution is 2.47. The van der Waals surface area contributed by atoms with Crippen molar-refractivity contribution in [1.82, 2.24) is 14.4 Å². The molecule has 1 atom stereocenters. The van der Waals surface area contributed by atoms with Crippen molar-refractivity contribution >= 4 is 28.8 Å². The molecule has 1 fully saturated rings. The number of imide groups is 1. The van der Waals surface area contributed by atoms with Gasteiger partial charge in [-0.3, -0.25) is 14.5 Å². The minimum Gasteiger partial charge on any atom is -0.481 e. The van der Waals surface area contributed by atoms with Crippen LogP contribution in [0.25, 0.3) is 10.9 Å². The van der Waals surface area contributed by atoms with Crippen LogP contribution in [0, 0.1) is 11.2 Å². The van der Waals surface area contributed by atoms with E-state index in [9.17, 15) is 23.9 Å². The number of carbonyl (C=O) groups excluding carboxylic acids is 2. The van der Waals surface area contributed by atoms with E-state index in [0.29, 0.717) is 6.54 Å². The lowest BCUT2D eigenvalue weighted by molar-refractivity contribution is -0.148. The highest BCUT2D eigenvalue weighted by molar-refractivity contribution is 6.06. The Balaban J connectivity index is 1.62. The fraction of sp³-hybridized carbons (Fsp3) is 0.370. The van der Waals surface area contributed by atoms with Gasteiger partial charge in [-0.05, 0) is 43.2 Å². The summed E-state index contributed by atoms with van der Waals surface area (Å²) in [6, 6.07) is 13.1. The number of hydrogen-bond acceptors (Lipinski definition) is 3. The van der Waals surface area contributed by atoms with Gasteiger partial charge in [-0.2, -0.15) is 0 Å². The second-order valence-corrected chi connectivity index (χ2v) is 10.7. The van der Waals surface area contributed by atoms with E-state index in [2.05, 4.69) is 4.57 Å². The van der Waals surface area contributed by atoms with Crippen LogP contribution in [0.3, 0.4) is 0 Å². The average Bonchev–Trinajstić information content (AvgIpc) is 3.23. The van der Waals surface area contributed by atoms with E-state index in [1.54, 1.807) is 17.0 Å². The Morgan fingerprint density at radius 2 is 1.77 bits per heavy atom. The van der Waals surface area contributed by atoms with Crippen LogP contribution in [0.5, 0.6) is 0 Å². The highest BCUT2D eigenvalue weighted by atomic mass is 19.1. The van der Waals surface area contributed by atoms with Crippen LogP contribution in [0.4, 0.5) is 9.18 Å². The molecule has 3 heterocycles. The number of fused-ring (bicyclic) bond motifs is 4. The molecule has 5 rings (SSSR count). The zero-order valence-electron chi connectivity index (χ0n) is 20.2. The summed E-state index contributed by atoms with van der Waals surface area (Å²) in [5.41, 5.74) is 1.87. The van der Waals surface area contributed by atoms with Crippen molar-refractivity contribution in [2.24, 2.45) is 5.41 Å². The number of halogens is 1. The molecule has 35 heavy (non-hydrogen) atoms. The Labute approximate surface area is 202 Å². The second kappa shape index (κ2) is 7.66. The lowest BCUT2D eigenvalue weighted by Crippen LogP contribution is -2.52. The lowest BCUT2D eigenvalue weighted by Gasteiger charge is -2.41. The number of rotatable bonds is 5. The summed E-state index contributed by atoms with van der Waals surface area (Å²) in [5.74, 6) is -1.74. The number of para-hydroxylation sites is 1. The fourth-order valence-electron chi connectivity index (χ4n) is 5.60. The molecule has 1 N–H and O–H groups in total. The summed E-state index contributed by atoms with van der Waals surface area (Å²) >= 11 is 0. The molecule has 2 aromatic carbocycles. The third-order valence-corrected chi connectivity index (χ3v) is 7.40. The molecule has 2 aliphatic heterocycles. The molecule has 0 bridgehead atoms. The quantitative estimate of drug-likeness (QED) is 0.554. The first-order chi connectivity index (χ1) is 16.4. The molecular formula is C27H28FN3O4. The molecule has 3 aromatic rings. The first kappa shape index (κ1) is 23.1. The number of carboxylic acids is 1. The van der Waals surface area contributed by atoms with Gasteiger partial charge in [-0.25, -0.2) is 9.18 Å². The Kier molecular flexibility index (Phi) is 5.05. The molecule has 0 aliphatic carbocycles. The summed E-state index contributed by atoms with van der Waals surface area (Å²) < 4.78 is 15.6. The Morgan fingerprint density at radius 1 is 1.11 bits per heavy atom. The van der Waals surface area contributed by atoms with Gasteiger partial charge in [0.05, 0.1) is 12.0 Å². The van der Waals surface area contributed by atoms with E-state index >= 15 is 0 Å². The van der Waals surface area contributed by atoms with Crippen LogP contribution in [0.2, 0.25) is 0 Å². The van der Waals surface area contributed by atoms with Gasteiger partial charge in [0.2, 0.25) is 0 Å². The van der Waals surface area contributed by atoms with Crippen LogP contribution in [-0.4, -0.2) is 50.0 Å². The van der Waals surface area contributed by atoms with Crippen LogP contribution < -0.4 is 0 Å². The smallest absolute Gasteiger partial charge is 0.327 e. The fourth-order valence-corrected chi connectivity index (χ4v) is 5.60. The molecule has 1 saturated heterocycles. The zero-order chi connectivity index (χ0) is 25.3. The van der Waals surface area contributed by atoms with Gasteiger partial charge in [-0.15, -0.1) is 0 Å². The molecule has 182 valence electrons. The normalized spacial score (nSPS) is 19.3. The molecule has 0 spiro atoms. The molecule has 1 aromatic heterocycles. The topological polar surface area (TPSA) is 82.9 Å². The lowest BCUT2D eigenvalue weighted by atomic mass is 9.73. The van der Waals surface area contributed by atoms with Gasteiger partial charge in [0, 0.05) is 35.1 Å². The number of urea groups is 1. The summed E-state index contributed by atoms with van der Waals surface area (Å²) in [7, 11) is 0. The van der Waals surface area contributed by atoms with Crippen molar-refractivity contribution in [1.29, 1.82) is 0 Å². The first-order valence-electron chi connectivity index (χ1n) is 11.6. The van der Waals surface area contributed by atoms with E-state index < -0.39 is 28.9 Å². The standard InChI is InChI=1S/C27H28FN3O4/c1-26(2,24(33)34)15-31-23(32)22-27(3,4)21-18-7-5-6-8-19(18)29(20(21)14-30(22)25(31)35)13-16-9-11-17(28)12-10-16/h5-12,22H,13-15H2,1-4H3,(H,33,34). The number of hydrogen-bond donors (Lipinski definition) is 1. The Hall–Kier alpha value is -3.68. The molecule has 2 aliphatic rings. The van der Waals surface area contributed by atoms with Crippen LogP contribution >= 0.6 is 0 Å². The number of carboxylic acid groups (broad SMARTS) is 1. The van der Waals surface area contributed by atoms with Crippen molar-refractivity contribution in [2.75, 3.05) is 6.54 Å². The largest absolute Gasteiger partial charge is 0.481 e. The number of carbonyl (C=O) groups is 3. The third-order valence-electron chi connectivity index (χ3n) is 7.40. The maximum atomic E-state index is 13.6. The van der Waals surface area contributed by atoms with Crippen molar-refractivity contribution in [2.45, 2.75) is 52.2 Å². The van der Waals surface area contributed by atoms with Crippen LogP contribution in [0.15, 0.2) is 48.5 Å². The van der Waals surface area contributed by atoms with Crippen molar-refractivity contribution in [3.05, 3.63) is 71.2 Å². The molecule has 3 amide bonds. The zero-order valence-corrected chi connectivity index (χ0v) is 20.2. The molecule has 7 nitrogen and oxygen atoms in total. The van der Waals surface area contributed by atoms with Crippen LogP contribution in [-0.2, 0) is 28.1 Å².